The van der Waals surface area contributed by atoms with Gasteiger partial charge < -0.3 is 10.5 Å². The number of aryl methyl sites for hydroxylation is 1. The average molecular weight is 329 g/mol. The Balaban J connectivity index is 2.06. The van der Waals surface area contributed by atoms with Crippen molar-refractivity contribution in [2.45, 2.75) is 13.8 Å². The maximum atomic E-state index is 12.0. The molecule has 3 heteroatoms. The minimum Gasteiger partial charge on any atom is -0.456 e. The van der Waals surface area contributed by atoms with E-state index in [0.717, 1.165) is 39.3 Å². The summed E-state index contributed by atoms with van der Waals surface area (Å²) in [4.78, 5) is 12.0. The van der Waals surface area contributed by atoms with Gasteiger partial charge in [-0.25, -0.2) is 0 Å². The number of carbonyl (C=O) groups excluding carboxylic acids is 1. The first-order valence-electron chi connectivity index (χ1n) is 8.37. The predicted octanol–water partition coefficient (Wildman–Crippen LogP) is 4.38. The van der Waals surface area contributed by atoms with Crippen molar-refractivity contribution < 1.29 is 9.53 Å². The van der Waals surface area contributed by atoms with Crippen LogP contribution in [0.2, 0.25) is 0 Å². The van der Waals surface area contributed by atoms with Gasteiger partial charge in [-0.15, -0.1) is 0 Å². The Hall–Kier alpha value is -3.07. The molecule has 2 aromatic carbocycles. The van der Waals surface area contributed by atoms with E-state index >= 15 is 0 Å². The maximum absolute atomic E-state index is 12.0. The molecular formula is C22H19NO2. The quantitative estimate of drug-likeness (QED) is 0.889. The number of carbonyl (C=O) groups is 1. The van der Waals surface area contributed by atoms with Gasteiger partial charge >= 0.3 is 0 Å². The van der Waals surface area contributed by atoms with E-state index in [4.69, 9.17) is 10.5 Å². The molecule has 0 bridgehead atoms. The lowest BCUT2D eigenvalue weighted by Crippen LogP contribution is -2.17. The monoisotopic (exact) mass is 329 g/mol. The number of primary amides is 1. The first kappa shape index (κ1) is 15.5. The molecule has 25 heavy (non-hydrogen) atoms. The fourth-order valence-electron chi connectivity index (χ4n) is 3.40. The van der Waals surface area contributed by atoms with E-state index in [0.29, 0.717) is 11.5 Å². The minimum absolute atomic E-state index is 0.303. The summed E-state index contributed by atoms with van der Waals surface area (Å²) in [6.45, 7) is 4.16. The molecule has 0 fully saturated rings. The Morgan fingerprint density at radius 2 is 1.92 bits per heavy atom. The summed E-state index contributed by atoms with van der Waals surface area (Å²) in [5, 5.41) is 0. The summed E-state index contributed by atoms with van der Waals surface area (Å²) >= 11 is 0. The Morgan fingerprint density at radius 3 is 2.72 bits per heavy atom. The van der Waals surface area contributed by atoms with Crippen LogP contribution in [0.15, 0.2) is 72.0 Å². The van der Waals surface area contributed by atoms with Gasteiger partial charge in [0.25, 0.3) is 0 Å². The highest BCUT2D eigenvalue weighted by molar-refractivity contribution is 6.02. The largest absolute Gasteiger partial charge is 0.456 e. The second kappa shape index (κ2) is 5.78. The molecule has 2 aliphatic rings. The van der Waals surface area contributed by atoms with E-state index in [9.17, 15) is 4.79 Å². The molecule has 0 radical (unpaired) electrons. The van der Waals surface area contributed by atoms with Gasteiger partial charge in [0.2, 0.25) is 5.91 Å². The maximum Gasteiger partial charge on any atom is 0.249 e. The lowest BCUT2D eigenvalue weighted by atomic mass is 9.84. The van der Waals surface area contributed by atoms with Crippen LogP contribution >= 0.6 is 0 Å². The molecule has 2 aromatic rings. The summed E-state index contributed by atoms with van der Waals surface area (Å²) in [6, 6.07) is 13.6. The van der Waals surface area contributed by atoms with Crippen molar-refractivity contribution in [2.75, 3.05) is 0 Å². The molecule has 0 saturated carbocycles. The molecule has 0 aromatic heterocycles. The summed E-state index contributed by atoms with van der Waals surface area (Å²) in [6.07, 6.45) is 6.32. The van der Waals surface area contributed by atoms with Crippen LogP contribution in [0.25, 0.3) is 5.57 Å². The Bertz CT molecular complexity index is 979. The van der Waals surface area contributed by atoms with Gasteiger partial charge in [-0.1, -0.05) is 49.4 Å². The lowest BCUT2D eigenvalue weighted by molar-refractivity contribution is 0.1000. The van der Waals surface area contributed by atoms with Gasteiger partial charge in [-0.3, -0.25) is 4.79 Å². The van der Waals surface area contributed by atoms with E-state index in [1.54, 1.807) is 6.07 Å². The number of amides is 1. The Labute approximate surface area is 147 Å². The van der Waals surface area contributed by atoms with E-state index < -0.39 is 5.91 Å². The number of fused-ring (bicyclic) bond motifs is 2. The van der Waals surface area contributed by atoms with Gasteiger partial charge in [0.1, 0.15) is 11.5 Å². The van der Waals surface area contributed by atoms with Crippen molar-refractivity contribution in [3.63, 3.8) is 0 Å². The zero-order valence-electron chi connectivity index (χ0n) is 14.2. The summed E-state index contributed by atoms with van der Waals surface area (Å²) < 4.78 is 6.17. The molecule has 1 unspecified atom stereocenters. The van der Waals surface area contributed by atoms with Crippen LogP contribution in [0, 0.1) is 12.8 Å². The van der Waals surface area contributed by atoms with E-state index in [-0.39, 0.29) is 0 Å². The van der Waals surface area contributed by atoms with E-state index in [1.165, 1.54) is 0 Å². The number of nitrogens with two attached hydrogens (primary N) is 1. The van der Waals surface area contributed by atoms with E-state index in [2.05, 4.69) is 31.2 Å². The van der Waals surface area contributed by atoms with Crippen molar-refractivity contribution in [3.8, 4) is 5.75 Å². The molecule has 124 valence electrons. The molecule has 1 amide bonds. The van der Waals surface area contributed by atoms with Crippen LogP contribution in [-0.4, -0.2) is 5.91 Å². The third kappa shape index (κ3) is 2.58. The van der Waals surface area contributed by atoms with Crippen LogP contribution in [0.5, 0.6) is 5.75 Å². The smallest absolute Gasteiger partial charge is 0.249 e. The molecule has 1 atom stereocenters. The Kier molecular flexibility index (Phi) is 3.57. The highest BCUT2D eigenvalue weighted by atomic mass is 16.5. The summed E-state index contributed by atoms with van der Waals surface area (Å²) in [5.74, 6) is 1.52. The van der Waals surface area contributed by atoms with Crippen LogP contribution < -0.4 is 10.5 Å². The lowest BCUT2D eigenvalue weighted by Gasteiger charge is -2.28. The van der Waals surface area contributed by atoms with Crippen LogP contribution in [0.3, 0.4) is 0 Å². The third-order valence-electron chi connectivity index (χ3n) is 4.60. The summed E-state index contributed by atoms with van der Waals surface area (Å²) in [5.41, 5.74) is 11.1. The summed E-state index contributed by atoms with van der Waals surface area (Å²) in [7, 11) is 0. The van der Waals surface area contributed by atoms with Crippen LogP contribution in [0.4, 0.5) is 0 Å². The van der Waals surface area contributed by atoms with Crippen molar-refractivity contribution >= 4 is 11.5 Å². The highest BCUT2D eigenvalue weighted by Gasteiger charge is 2.28. The fraction of sp³-hybridized carbons (Fsp3) is 0.136. The van der Waals surface area contributed by atoms with Crippen molar-refractivity contribution in [2.24, 2.45) is 11.7 Å². The second-order valence-corrected chi connectivity index (χ2v) is 6.55. The standard InChI is InChI=1S/C22H19NO2/c1-13-7-9-17-19(11-13)25-20-12-14(2)8-10-18(20)21(17)15-5-3-4-6-16(15)22(23)24/h3-13H,1-2H3,(H2,23,24). The number of rotatable bonds is 2. The topological polar surface area (TPSA) is 52.3 Å². The van der Waals surface area contributed by atoms with Gasteiger partial charge in [0, 0.05) is 22.3 Å². The van der Waals surface area contributed by atoms with Crippen molar-refractivity contribution in [1.82, 2.24) is 0 Å². The van der Waals surface area contributed by atoms with Gasteiger partial charge in [-0.05, 0) is 42.2 Å². The SMILES string of the molecule is Cc1ccc2c(c1)OC1=CC(C)C=CC1=C2c1ccccc1C(N)=O. The zero-order chi connectivity index (χ0) is 17.6. The minimum atomic E-state index is -0.428. The number of hydrogen-bond acceptors (Lipinski definition) is 2. The van der Waals surface area contributed by atoms with Crippen molar-refractivity contribution in [1.29, 1.82) is 0 Å². The Morgan fingerprint density at radius 1 is 1.12 bits per heavy atom. The number of benzene rings is 2. The number of ether oxygens (including phenoxy) is 1. The molecule has 1 aliphatic carbocycles. The second-order valence-electron chi connectivity index (χ2n) is 6.55. The normalized spacial score (nSPS) is 18.2. The predicted molar refractivity (Wildman–Crippen MR) is 99.2 cm³/mol. The van der Waals surface area contributed by atoms with E-state index in [1.807, 2.05) is 37.3 Å². The first-order chi connectivity index (χ1) is 12.0. The molecule has 3 nitrogen and oxygen atoms in total. The molecule has 1 heterocycles. The first-order valence-corrected chi connectivity index (χ1v) is 8.37. The fourth-order valence-corrected chi connectivity index (χ4v) is 3.40. The molecule has 1 aliphatic heterocycles. The molecule has 4 rings (SSSR count). The average Bonchev–Trinajstić information content (AvgIpc) is 2.59. The third-order valence-corrected chi connectivity index (χ3v) is 4.60. The van der Waals surface area contributed by atoms with Crippen LogP contribution in [0.1, 0.15) is 34.0 Å². The number of hydrogen-bond donors (Lipinski definition) is 1. The zero-order valence-corrected chi connectivity index (χ0v) is 14.2. The molecule has 2 N–H and O–H groups in total. The van der Waals surface area contributed by atoms with Crippen LogP contribution in [-0.2, 0) is 0 Å². The van der Waals surface area contributed by atoms with Gasteiger partial charge in [-0.2, -0.15) is 0 Å². The molecular weight excluding hydrogens is 310 g/mol. The highest BCUT2D eigenvalue weighted by Crippen LogP contribution is 2.44. The van der Waals surface area contributed by atoms with Crippen molar-refractivity contribution in [3.05, 3.63) is 94.3 Å². The van der Waals surface area contributed by atoms with Gasteiger partial charge in [0.15, 0.2) is 0 Å². The van der Waals surface area contributed by atoms with Gasteiger partial charge in [0.05, 0.1) is 0 Å². The molecule has 0 saturated heterocycles. The molecule has 0 spiro atoms. The number of allylic oxidation sites excluding steroid dienone is 3.